The summed E-state index contributed by atoms with van der Waals surface area (Å²) >= 11 is 2.90. The lowest BCUT2D eigenvalue weighted by Crippen LogP contribution is -2.32. The van der Waals surface area contributed by atoms with Gasteiger partial charge in [-0.3, -0.25) is 9.69 Å². The van der Waals surface area contributed by atoms with Crippen molar-refractivity contribution in [2.75, 3.05) is 10.7 Å². The Morgan fingerprint density at radius 1 is 0.811 bits per heavy atom. The second-order valence-corrected chi connectivity index (χ2v) is 10.5. The first-order valence-electron chi connectivity index (χ1n) is 12.0. The normalized spacial score (nSPS) is 10.9. The molecule has 2 heterocycles. The van der Waals surface area contributed by atoms with Gasteiger partial charge in [0.05, 0.1) is 28.6 Å². The largest absolute Gasteiger partial charge is 0.283 e. The van der Waals surface area contributed by atoms with Crippen LogP contribution in [0.25, 0.3) is 21.7 Å². The van der Waals surface area contributed by atoms with Crippen molar-refractivity contribution in [1.29, 1.82) is 0 Å². The van der Waals surface area contributed by atoms with E-state index >= 15 is 0 Å². The number of hydrogen-bond acceptors (Lipinski definition) is 6. The molecule has 0 aliphatic heterocycles. The van der Waals surface area contributed by atoms with Gasteiger partial charge in [-0.05, 0) is 31.0 Å². The molecule has 5 aromatic rings. The lowest BCUT2D eigenvalue weighted by Gasteiger charge is -2.20. The maximum absolute atomic E-state index is 13.6. The number of aromatic nitrogens is 3. The van der Waals surface area contributed by atoms with Gasteiger partial charge in [-0.1, -0.05) is 114 Å². The highest BCUT2D eigenvalue weighted by Gasteiger charge is 2.22. The smallest absolute Gasteiger partial charge is 0.239 e. The van der Waals surface area contributed by atoms with E-state index in [0.29, 0.717) is 16.8 Å². The molecular weight excluding hydrogens is 496 g/mol. The monoisotopic (exact) mass is 522 g/mol. The molecule has 0 saturated carbocycles. The van der Waals surface area contributed by atoms with Gasteiger partial charge in [-0.2, -0.15) is 0 Å². The molecule has 0 saturated heterocycles. The molecule has 5 rings (SSSR count). The van der Waals surface area contributed by atoms with E-state index in [9.17, 15) is 4.79 Å². The fourth-order valence-electron chi connectivity index (χ4n) is 3.95. The Labute approximate surface area is 225 Å². The van der Waals surface area contributed by atoms with Crippen LogP contribution in [-0.2, 0) is 11.3 Å². The van der Waals surface area contributed by atoms with Crippen molar-refractivity contribution in [3.8, 4) is 21.7 Å². The molecule has 7 heteroatoms. The number of nitrogens with zero attached hydrogens (tertiary/aromatic N) is 4. The van der Waals surface area contributed by atoms with E-state index in [2.05, 4.69) is 17.1 Å². The molecule has 0 fully saturated rings. The number of amides is 1. The third-order valence-corrected chi connectivity index (χ3v) is 7.83. The van der Waals surface area contributed by atoms with Gasteiger partial charge in [-0.25, -0.2) is 15.0 Å². The molecule has 0 unspecified atom stereocenters. The molecule has 0 bridgehead atoms. The lowest BCUT2D eigenvalue weighted by molar-refractivity contribution is -0.116. The van der Waals surface area contributed by atoms with Crippen LogP contribution in [0.3, 0.4) is 0 Å². The summed E-state index contributed by atoms with van der Waals surface area (Å²) < 4.78 is 0. The van der Waals surface area contributed by atoms with Crippen molar-refractivity contribution < 1.29 is 4.79 Å². The van der Waals surface area contributed by atoms with E-state index in [1.54, 1.807) is 16.2 Å². The number of hydrogen-bond donors (Lipinski definition) is 0. The number of benzene rings is 3. The third kappa shape index (κ3) is 6.13. The van der Waals surface area contributed by atoms with Crippen molar-refractivity contribution in [2.45, 2.75) is 25.5 Å². The molecule has 0 aliphatic carbocycles. The third-order valence-electron chi connectivity index (χ3n) is 5.76. The van der Waals surface area contributed by atoms with Gasteiger partial charge in [0, 0.05) is 11.3 Å². The number of anilines is 1. The summed E-state index contributed by atoms with van der Waals surface area (Å²) in [4.78, 5) is 30.6. The summed E-state index contributed by atoms with van der Waals surface area (Å²) in [5.74, 6) is 0.178. The van der Waals surface area contributed by atoms with E-state index in [4.69, 9.17) is 9.97 Å². The summed E-state index contributed by atoms with van der Waals surface area (Å²) in [5, 5.41) is 1.29. The number of thiazole rings is 1. The Hall–Kier alpha value is -3.81. The Balaban J connectivity index is 1.40. The van der Waals surface area contributed by atoms with Gasteiger partial charge in [0.1, 0.15) is 0 Å². The van der Waals surface area contributed by atoms with Gasteiger partial charge in [-0.15, -0.1) is 0 Å². The Morgan fingerprint density at radius 2 is 1.43 bits per heavy atom. The summed E-state index contributed by atoms with van der Waals surface area (Å²) in [6, 6.07) is 32.2. The molecule has 5 nitrogen and oxygen atoms in total. The minimum atomic E-state index is -0.0337. The molecule has 3 aromatic carbocycles. The first-order chi connectivity index (χ1) is 18.1. The van der Waals surface area contributed by atoms with Gasteiger partial charge < -0.3 is 0 Å². The summed E-state index contributed by atoms with van der Waals surface area (Å²) in [7, 11) is 0. The predicted octanol–water partition coefficient (Wildman–Crippen LogP) is 7.21. The fourth-order valence-corrected chi connectivity index (χ4v) is 5.82. The zero-order valence-corrected chi connectivity index (χ0v) is 22.3. The SMILES string of the molecule is Cc1cc(-c2ccccc2)nc(SCC(=O)N(Cc2ccccc2)c2nc(C)c(-c3ccccc3)s2)n1. The van der Waals surface area contributed by atoms with Crippen molar-refractivity contribution >= 4 is 34.1 Å². The Morgan fingerprint density at radius 3 is 2.11 bits per heavy atom. The molecule has 0 spiro atoms. The topological polar surface area (TPSA) is 59.0 Å². The number of carbonyl (C=O) groups is 1. The van der Waals surface area contributed by atoms with Crippen LogP contribution in [0.2, 0.25) is 0 Å². The van der Waals surface area contributed by atoms with Crippen molar-refractivity contribution in [2.24, 2.45) is 0 Å². The molecule has 0 radical (unpaired) electrons. The summed E-state index contributed by atoms with van der Waals surface area (Å²) in [6.07, 6.45) is 0. The van der Waals surface area contributed by atoms with Crippen LogP contribution in [0.1, 0.15) is 17.0 Å². The predicted molar refractivity (Wildman–Crippen MR) is 153 cm³/mol. The van der Waals surface area contributed by atoms with Crippen LogP contribution in [0, 0.1) is 13.8 Å². The highest BCUT2D eigenvalue weighted by Crippen LogP contribution is 2.35. The lowest BCUT2D eigenvalue weighted by atomic mass is 10.1. The Kier molecular flexibility index (Phi) is 7.73. The molecule has 0 atom stereocenters. The maximum Gasteiger partial charge on any atom is 0.239 e. The number of thioether (sulfide) groups is 1. The van der Waals surface area contributed by atoms with E-state index in [1.165, 1.54) is 11.8 Å². The van der Waals surface area contributed by atoms with E-state index < -0.39 is 0 Å². The molecule has 1 amide bonds. The number of carbonyl (C=O) groups excluding carboxylic acids is 1. The highest BCUT2D eigenvalue weighted by atomic mass is 32.2. The van der Waals surface area contributed by atoms with Crippen molar-refractivity contribution in [3.05, 3.63) is 114 Å². The molecule has 0 N–H and O–H groups in total. The minimum absolute atomic E-state index is 0.0337. The van der Waals surface area contributed by atoms with E-state index in [0.717, 1.165) is 38.6 Å². The quantitative estimate of drug-likeness (QED) is 0.159. The average Bonchev–Trinajstić information content (AvgIpc) is 3.32. The maximum atomic E-state index is 13.6. The van der Waals surface area contributed by atoms with Crippen molar-refractivity contribution in [3.63, 3.8) is 0 Å². The summed E-state index contributed by atoms with van der Waals surface area (Å²) in [6.45, 7) is 4.39. The molecule has 2 aromatic heterocycles. The van der Waals surface area contributed by atoms with Gasteiger partial charge >= 0.3 is 0 Å². The second kappa shape index (κ2) is 11.5. The Bertz CT molecular complexity index is 1490. The average molecular weight is 523 g/mol. The zero-order valence-electron chi connectivity index (χ0n) is 20.7. The fraction of sp³-hybridized carbons (Fsp3) is 0.133. The molecule has 37 heavy (non-hydrogen) atoms. The van der Waals surface area contributed by atoms with Gasteiger partial charge in [0.15, 0.2) is 10.3 Å². The zero-order chi connectivity index (χ0) is 25.6. The second-order valence-electron chi connectivity index (χ2n) is 8.57. The molecule has 0 aliphatic rings. The minimum Gasteiger partial charge on any atom is -0.283 e. The van der Waals surface area contributed by atoms with Gasteiger partial charge in [0.2, 0.25) is 5.91 Å². The number of aryl methyl sites for hydroxylation is 2. The first-order valence-corrected chi connectivity index (χ1v) is 13.8. The first kappa shape index (κ1) is 24.9. The molecular formula is C30H26N4OS2. The molecule has 184 valence electrons. The number of rotatable bonds is 8. The van der Waals surface area contributed by atoms with Crippen LogP contribution in [-0.4, -0.2) is 26.6 Å². The van der Waals surface area contributed by atoms with Crippen molar-refractivity contribution in [1.82, 2.24) is 15.0 Å². The van der Waals surface area contributed by atoms with Crippen LogP contribution >= 0.6 is 23.1 Å². The van der Waals surface area contributed by atoms with E-state index in [-0.39, 0.29) is 11.7 Å². The van der Waals surface area contributed by atoms with Crippen LogP contribution in [0.15, 0.2) is 102 Å². The summed E-state index contributed by atoms with van der Waals surface area (Å²) in [5.41, 5.74) is 5.82. The van der Waals surface area contributed by atoms with E-state index in [1.807, 2.05) is 98.8 Å². The van der Waals surface area contributed by atoms with Gasteiger partial charge in [0.25, 0.3) is 0 Å². The highest BCUT2D eigenvalue weighted by molar-refractivity contribution is 7.99. The van der Waals surface area contributed by atoms with Crippen LogP contribution < -0.4 is 4.90 Å². The van der Waals surface area contributed by atoms with Crippen LogP contribution in [0.5, 0.6) is 0 Å². The van der Waals surface area contributed by atoms with Crippen LogP contribution in [0.4, 0.5) is 5.13 Å². The standard InChI is InChI=1S/C30H26N4OS2/c1-21-18-26(24-14-8-4-9-15-24)33-29(31-21)36-20-27(35)34(19-23-12-6-3-7-13-23)30-32-22(2)28(37-30)25-16-10-5-11-17-25/h3-18H,19-20H2,1-2H3.